The normalized spacial score (nSPS) is 18.4. The summed E-state index contributed by atoms with van der Waals surface area (Å²) in [6, 6.07) is 11.9. The molecule has 0 saturated carbocycles. The van der Waals surface area contributed by atoms with Crippen molar-refractivity contribution in [1.82, 2.24) is 15.1 Å². The highest BCUT2D eigenvalue weighted by Crippen LogP contribution is 2.22. The van der Waals surface area contributed by atoms with Crippen LogP contribution < -0.4 is 0 Å². The van der Waals surface area contributed by atoms with Crippen LogP contribution >= 0.6 is 0 Å². The number of H-pyrrole nitrogens is 1. The third-order valence-corrected chi connectivity index (χ3v) is 3.89. The van der Waals surface area contributed by atoms with Gasteiger partial charge in [-0.05, 0) is 18.1 Å². The fraction of sp³-hybridized carbons (Fsp3) is 0.412. The smallest absolute Gasteiger partial charge is 0.274 e. The lowest BCUT2D eigenvalue weighted by atomic mass is 10.1. The number of carbonyl (C=O) groups excluding carboxylic acids is 1. The molecule has 2 heterocycles. The minimum atomic E-state index is -0.0621. The van der Waals surface area contributed by atoms with Gasteiger partial charge in [0.05, 0.1) is 13.2 Å². The molecule has 5 nitrogen and oxygen atoms in total. The number of aryl methyl sites for hydroxylation is 1. The molecule has 116 valence electrons. The van der Waals surface area contributed by atoms with Crippen molar-refractivity contribution >= 4 is 5.91 Å². The number of nitrogens with one attached hydrogen (secondary N) is 1. The first-order valence-electron chi connectivity index (χ1n) is 7.78. The van der Waals surface area contributed by atoms with Crippen LogP contribution in [0.2, 0.25) is 0 Å². The number of rotatable bonds is 4. The Kier molecular flexibility index (Phi) is 4.53. The van der Waals surface area contributed by atoms with Gasteiger partial charge >= 0.3 is 0 Å². The molecule has 1 aromatic carbocycles. The van der Waals surface area contributed by atoms with Gasteiger partial charge < -0.3 is 9.64 Å². The average Bonchev–Trinajstić information content (AvgIpc) is 3.04. The first-order valence-corrected chi connectivity index (χ1v) is 7.78. The molecule has 1 aromatic heterocycles. The quantitative estimate of drug-likeness (QED) is 0.944. The lowest BCUT2D eigenvalue weighted by Crippen LogP contribution is -2.42. The van der Waals surface area contributed by atoms with E-state index in [1.165, 1.54) is 0 Å². The number of benzene rings is 1. The van der Waals surface area contributed by atoms with Crippen molar-refractivity contribution in [2.45, 2.75) is 25.9 Å². The molecule has 1 amide bonds. The van der Waals surface area contributed by atoms with Crippen LogP contribution in [0.4, 0.5) is 0 Å². The summed E-state index contributed by atoms with van der Waals surface area (Å²) in [5.41, 5.74) is 2.62. The number of nitrogens with zero attached hydrogens (tertiary/aromatic N) is 2. The second-order valence-corrected chi connectivity index (χ2v) is 5.55. The molecule has 2 aromatic rings. The van der Waals surface area contributed by atoms with E-state index < -0.39 is 0 Å². The second kappa shape index (κ2) is 6.75. The zero-order valence-corrected chi connectivity index (χ0v) is 12.8. The first kappa shape index (κ1) is 14.8. The zero-order valence-electron chi connectivity index (χ0n) is 12.8. The minimum absolute atomic E-state index is 0.0252. The van der Waals surface area contributed by atoms with Gasteiger partial charge in [0.1, 0.15) is 11.8 Å². The molecule has 0 bridgehead atoms. The van der Waals surface area contributed by atoms with Crippen LogP contribution in [0.1, 0.15) is 41.2 Å². The molecule has 5 heteroatoms. The molecule has 1 fully saturated rings. The van der Waals surface area contributed by atoms with Crippen LogP contribution in [-0.2, 0) is 11.2 Å². The molecule has 1 unspecified atom stereocenters. The van der Waals surface area contributed by atoms with Gasteiger partial charge in [-0.2, -0.15) is 5.10 Å². The van der Waals surface area contributed by atoms with Crippen molar-refractivity contribution in [3.63, 3.8) is 0 Å². The number of amides is 1. The number of morpholine rings is 1. The average molecular weight is 299 g/mol. The molecule has 1 aliphatic heterocycles. The molecule has 1 saturated heterocycles. The second-order valence-electron chi connectivity index (χ2n) is 5.55. The van der Waals surface area contributed by atoms with Crippen LogP contribution in [0.25, 0.3) is 0 Å². The van der Waals surface area contributed by atoms with Crippen LogP contribution in [0.5, 0.6) is 0 Å². The Bertz CT molecular complexity index is 624. The molecule has 3 rings (SSSR count). The topological polar surface area (TPSA) is 58.2 Å². The van der Waals surface area contributed by atoms with Crippen LogP contribution in [-0.4, -0.2) is 40.7 Å². The number of aromatic nitrogens is 2. The number of aromatic amines is 1. The fourth-order valence-electron chi connectivity index (χ4n) is 2.73. The standard InChI is InChI=1S/C17H21N3O2/c1-2-6-14-11-15(19-18-14)17(21)20-9-10-22-16(12-20)13-7-4-3-5-8-13/h3-5,7-8,11,16H,2,6,9-10,12H2,1H3,(H,18,19). The van der Waals surface area contributed by atoms with E-state index in [-0.39, 0.29) is 12.0 Å². The maximum atomic E-state index is 12.6. The molecule has 1 atom stereocenters. The lowest BCUT2D eigenvalue weighted by Gasteiger charge is -2.32. The Morgan fingerprint density at radius 1 is 1.41 bits per heavy atom. The van der Waals surface area contributed by atoms with E-state index in [1.807, 2.05) is 41.3 Å². The third-order valence-electron chi connectivity index (χ3n) is 3.89. The van der Waals surface area contributed by atoms with Crippen molar-refractivity contribution in [2.75, 3.05) is 19.7 Å². The fourth-order valence-corrected chi connectivity index (χ4v) is 2.73. The van der Waals surface area contributed by atoms with E-state index in [0.29, 0.717) is 25.4 Å². The molecular formula is C17H21N3O2. The number of hydrogen-bond acceptors (Lipinski definition) is 3. The highest BCUT2D eigenvalue weighted by Gasteiger charge is 2.27. The summed E-state index contributed by atoms with van der Waals surface area (Å²) in [6.07, 6.45) is 1.88. The monoisotopic (exact) mass is 299 g/mol. The van der Waals surface area contributed by atoms with E-state index in [2.05, 4.69) is 17.1 Å². The summed E-state index contributed by atoms with van der Waals surface area (Å²) in [4.78, 5) is 14.4. The SMILES string of the molecule is CCCc1cc(C(=O)N2CCOC(c3ccccc3)C2)n[nH]1. The molecule has 0 aliphatic carbocycles. The van der Waals surface area contributed by atoms with E-state index in [4.69, 9.17) is 4.74 Å². The van der Waals surface area contributed by atoms with Crippen LogP contribution in [0.15, 0.2) is 36.4 Å². The molecule has 0 radical (unpaired) electrons. The summed E-state index contributed by atoms with van der Waals surface area (Å²) in [5, 5.41) is 7.09. The van der Waals surface area contributed by atoms with Gasteiger partial charge in [-0.15, -0.1) is 0 Å². The molecular weight excluding hydrogens is 278 g/mol. The Morgan fingerprint density at radius 3 is 3.00 bits per heavy atom. The van der Waals surface area contributed by atoms with Gasteiger partial charge in [-0.3, -0.25) is 9.89 Å². The predicted molar refractivity (Wildman–Crippen MR) is 83.6 cm³/mol. The molecule has 1 aliphatic rings. The molecule has 0 spiro atoms. The maximum Gasteiger partial charge on any atom is 0.274 e. The maximum absolute atomic E-state index is 12.6. The summed E-state index contributed by atoms with van der Waals surface area (Å²) < 4.78 is 5.80. The van der Waals surface area contributed by atoms with Crippen molar-refractivity contribution in [1.29, 1.82) is 0 Å². The minimum Gasteiger partial charge on any atom is -0.370 e. The Balaban J connectivity index is 1.69. The Morgan fingerprint density at radius 2 is 2.23 bits per heavy atom. The third kappa shape index (κ3) is 3.20. The van der Waals surface area contributed by atoms with Crippen molar-refractivity contribution in [3.8, 4) is 0 Å². The van der Waals surface area contributed by atoms with E-state index in [0.717, 1.165) is 24.1 Å². The summed E-state index contributed by atoms with van der Waals surface area (Å²) in [5.74, 6) is -0.0252. The number of hydrogen-bond donors (Lipinski definition) is 1. The van der Waals surface area contributed by atoms with Gasteiger partial charge in [-0.1, -0.05) is 43.7 Å². The van der Waals surface area contributed by atoms with Gasteiger partial charge in [0.25, 0.3) is 5.91 Å². The first-order chi connectivity index (χ1) is 10.8. The van der Waals surface area contributed by atoms with Crippen molar-refractivity contribution in [3.05, 3.63) is 53.3 Å². The van der Waals surface area contributed by atoms with Gasteiger partial charge in [-0.25, -0.2) is 0 Å². The van der Waals surface area contributed by atoms with Gasteiger partial charge in [0, 0.05) is 12.2 Å². The Labute approximate surface area is 130 Å². The van der Waals surface area contributed by atoms with Crippen LogP contribution in [0.3, 0.4) is 0 Å². The van der Waals surface area contributed by atoms with Crippen molar-refractivity contribution < 1.29 is 9.53 Å². The summed E-state index contributed by atoms with van der Waals surface area (Å²) in [7, 11) is 0. The summed E-state index contributed by atoms with van der Waals surface area (Å²) in [6.45, 7) is 3.84. The largest absolute Gasteiger partial charge is 0.370 e. The zero-order chi connectivity index (χ0) is 15.4. The van der Waals surface area contributed by atoms with Crippen LogP contribution in [0, 0.1) is 0 Å². The predicted octanol–water partition coefficient (Wildman–Crippen LogP) is 2.58. The molecule has 22 heavy (non-hydrogen) atoms. The number of ether oxygens (including phenoxy) is 1. The summed E-state index contributed by atoms with van der Waals surface area (Å²) >= 11 is 0. The highest BCUT2D eigenvalue weighted by molar-refractivity contribution is 5.92. The van der Waals surface area contributed by atoms with E-state index >= 15 is 0 Å². The lowest BCUT2D eigenvalue weighted by molar-refractivity contribution is -0.0230. The Hall–Kier alpha value is -2.14. The van der Waals surface area contributed by atoms with E-state index in [9.17, 15) is 4.79 Å². The number of carbonyl (C=O) groups is 1. The van der Waals surface area contributed by atoms with Gasteiger partial charge in [0.2, 0.25) is 0 Å². The van der Waals surface area contributed by atoms with Crippen molar-refractivity contribution in [2.24, 2.45) is 0 Å². The van der Waals surface area contributed by atoms with E-state index in [1.54, 1.807) is 0 Å². The highest BCUT2D eigenvalue weighted by atomic mass is 16.5. The molecule has 1 N–H and O–H groups in total. The van der Waals surface area contributed by atoms with Gasteiger partial charge in [0.15, 0.2) is 0 Å².